The van der Waals surface area contributed by atoms with E-state index in [2.05, 4.69) is 5.32 Å². The average Bonchev–Trinajstić information content (AvgIpc) is 2.61. The Hall–Kier alpha value is -2.24. The number of benzene rings is 2. The predicted octanol–water partition coefficient (Wildman–Crippen LogP) is 3.54. The number of hydrogen-bond acceptors (Lipinski definition) is 4. The highest BCUT2D eigenvalue weighted by atomic mass is 35.5. The van der Waals surface area contributed by atoms with Gasteiger partial charge in [-0.1, -0.05) is 35.9 Å². The summed E-state index contributed by atoms with van der Waals surface area (Å²) in [5.41, 5.74) is 1.02. The highest BCUT2D eigenvalue weighted by molar-refractivity contribution is 6.30. The highest BCUT2D eigenvalue weighted by Crippen LogP contribution is 2.27. The molecule has 6 heteroatoms. The van der Waals surface area contributed by atoms with Crippen LogP contribution >= 0.6 is 11.6 Å². The highest BCUT2D eigenvalue weighted by Gasteiger charge is 2.21. The summed E-state index contributed by atoms with van der Waals surface area (Å²) in [6.07, 6.45) is -0.631. The van der Waals surface area contributed by atoms with Gasteiger partial charge in [-0.3, -0.25) is 4.79 Å². The van der Waals surface area contributed by atoms with Crippen LogP contribution in [0.25, 0.3) is 0 Å². The number of carbonyl (C=O) groups excluding carboxylic acids is 1. The van der Waals surface area contributed by atoms with E-state index in [0.29, 0.717) is 17.3 Å². The molecule has 0 radical (unpaired) electrons. The van der Waals surface area contributed by atoms with Gasteiger partial charge in [0.1, 0.15) is 11.5 Å². The maximum Gasteiger partial charge on any atom is 0.260 e. The van der Waals surface area contributed by atoms with Gasteiger partial charge < -0.3 is 19.7 Å². The van der Waals surface area contributed by atoms with Crippen LogP contribution in [0.1, 0.15) is 18.5 Å². The summed E-state index contributed by atoms with van der Waals surface area (Å²) < 4.78 is 11.1. The van der Waals surface area contributed by atoms with Gasteiger partial charge in [-0.15, -0.1) is 0 Å². The molecule has 0 spiro atoms. The molecule has 2 atom stereocenters. The second kappa shape index (κ2) is 9.46. The number of halogens is 1. The Morgan fingerprint density at radius 1 is 1.19 bits per heavy atom. The van der Waals surface area contributed by atoms with Crippen LogP contribution in [0.15, 0.2) is 48.5 Å². The summed E-state index contributed by atoms with van der Waals surface area (Å²) in [6.45, 7) is 2.15. The Bertz CT molecular complexity index is 737. The second-order valence-corrected chi connectivity index (χ2v) is 6.62. The summed E-state index contributed by atoms with van der Waals surface area (Å²) in [6, 6.07) is 14.8. The molecule has 2 aromatic carbocycles. The first-order valence-electron chi connectivity index (χ1n) is 8.41. The molecule has 0 aromatic heterocycles. The lowest BCUT2D eigenvalue weighted by Crippen LogP contribution is -2.41. The summed E-state index contributed by atoms with van der Waals surface area (Å²) in [5, 5.41) is 3.52. The average molecular weight is 377 g/mol. The number of rotatable bonds is 8. The molecular weight excluding hydrogens is 352 g/mol. The third-order valence-corrected chi connectivity index (χ3v) is 4.30. The van der Waals surface area contributed by atoms with Gasteiger partial charge in [-0.05, 0) is 45.3 Å². The molecule has 0 aliphatic rings. The number of nitrogens with one attached hydrogen (secondary N) is 1. The minimum absolute atomic E-state index is 0.0199. The number of para-hydroxylation sites is 1. The van der Waals surface area contributed by atoms with Crippen LogP contribution in [0.2, 0.25) is 5.02 Å². The van der Waals surface area contributed by atoms with Gasteiger partial charge in [0.05, 0.1) is 13.2 Å². The van der Waals surface area contributed by atoms with E-state index in [-0.39, 0.29) is 11.9 Å². The predicted molar refractivity (Wildman–Crippen MR) is 104 cm³/mol. The first-order chi connectivity index (χ1) is 12.4. The first-order valence-corrected chi connectivity index (χ1v) is 8.79. The monoisotopic (exact) mass is 376 g/mol. The number of amides is 1. The van der Waals surface area contributed by atoms with Gasteiger partial charge in [0.15, 0.2) is 6.10 Å². The molecule has 1 amide bonds. The van der Waals surface area contributed by atoms with E-state index in [9.17, 15) is 4.79 Å². The first kappa shape index (κ1) is 20.1. The molecule has 0 heterocycles. The Morgan fingerprint density at radius 2 is 1.92 bits per heavy atom. The lowest BCUT2D eigenvalue weighted by molar-refractivity contribution is -0.127. The minimum atomic E-state index is -0.631. The number of likely N-dealkylation sites (N-methyl/N-ethyl adjacent to an activating group) is 1. The zero-order chi connectivity index (χ0) is 19.1. The Labute approximate surface area is 159 Å². The van der Waals surface area contributed by atoms with Crippen molar-refractivity contribution < 1.29 is 14.3 Å². The van der Waals surface area contributed by atoms with E-state index in [0.717, 1.165) is 11.3 Å². The molecule has 2 unspecified atom stereocenters. The van der Waals surface area contributed by atoms with Crippen LogP contribution in [-0.4, -0.2) is 44.7 Å². The van der Waals surface area contributed by atoms with Crippen LogP contribution in [-0.2, 0) is 4.79 Å². The molecule has 0 aliphatic carbocycles. The number of methoxy groups -OCH3 is 1. The van der Waals surface area contributed by atoms with Crippen LogP contribution < -0.4 is 14.8 Å². The van der Waals surface area contributed by atoms with E-state index in [1.54, 1.807) is 38.3 Å². The third-order valence-electron chi connectivity index (χ3n) is 4.07. The van der Waals surface area contributed by atoms with Crippen molar-refractivity contribution in [2.24, 2.45) is 0 Å². The Balaban J connectivity index is 2.00. The molecule has 0 bridgehead atoms. The largest absolute Gasteiger partial charge is 0.496 e. The van der Waals surface area contributed by atoms with E-state index in [1.165, 1.54) is 0 Å². The summed E-state index contributed by atoms with van der Waals surface area (Å²) >= 11 is 5.94. The topological polar surface area (TPSA) is 50.8 Å². The minimum Gasteiger partial charge on any atom is -0.496 e. The van der Waals surface area contributed by atoms with Gasteiger partial charge in [-0.25, -0.2) is 0 Å². The molecule has 26 heavy (non-hydrogen) atoms. The van der Waals surface area contributed by atoms with Gasteiger partial charge in [0.2, 0.25) is 0 Å². The maximum atomic E-state index is 12.4. The quantitative estimate of drug-likeness (QED) is 0.765. The fraction of sp³-hybridized carbons (Fsp3) is 0.350. The molecule has 2 aromatic rings. The number of hydrogen-bond donors (Lipinski definition) is 1. The zero-order valence-electron chi connectivity index (χ0n) is 15.5. The number of nitrogens with zero attached hydrogens (tertiary/aromatic N) is 1. The summed E-state index contributed by atoms with van der Waals surface area (Å²) in [4.78, 5) is 14.5. The van der Waals surface area contributed by atoms with E-state index in [4.69, 9.17) is 21.1 Å². The fourth-order valence-electron chi connectivity index (χ4n) is 2.65. The Morgan fingerprint density at radius 3 is 2.58 bits per heavy atom. The van der Waals surface area contributed by atoms with Crippen molar-refractivity contribution in [1.29, 1.82) is 0 Å². The number of ether oxygens (including phenoxy) is 2. The Kier molecular flexibility index (Phi) is 7.30. The summed E-state index contributed by atoms with van der Waals surface area (Å²) in [7, 11) is 5.58. The zero-order valence-corrected chi connectivity index (χ0v) is 16.3. The molecule has 1 N–H and O–H groups in total. The smallest absolute Gasteiger partial charge is 0.260 e. The SMILES string of the molecule is COc1ccccc1C(CNC(=O)C(C)Oc1cccc(Cl)c1)N(C)C. The van der Waals surface area contributed by atoms with Crippen LogP contribution in [0, 0.1) is 0 Å². The third kappa shape index (κ3) is 5.38. The van der Waals surface area contributed by atoms with Crippen molar-refractivity contribution in [3.05, 3.63) is 59.1 Å². The second-order valence-electron chi connectivity index (χ2n) is 6.18. The molecular formula is C20H25ClN2O3. The molecule has 0 fully saturated rings. The molecule has 5 nitrogen and oxygen atoms in total. The normalized spacial score (nSPS) is 13.2. The van der Waals surface area contributed by atoms with Gasteiger partial charge in [0.25, 0.3) is 5.91 Å². The van der Waals surface area contributed by atoms with E-state index >= 15 is 0 Å². The van der Waals surface area contributed by atoms with Crippen molar-refractivity contribution in [1.82, 2.24) is 10.2 Å². The van der Waals surface area contributed by atoms with Crippen LogP contribution in [0.3, 0.4) is 0 Å². The van der Waals surface area contributed by atoms with E-state index in [1.807, 2.05) is 43.3 Å². The number of carbonyl (C=O) groups is 1. The van der Waals surface area contributed by atoms with Gasteiger partial charge >= 0.3 is 0 Å². The molecule has 2 rings (SSSR count). The molecule has 0 saturated heterocycles. The lowest BCUT2D eigenvalue weighted by atomic mass is 10.0. The maximum absolute atomic E-state index is 12.4. The van der Waals surface area contributed by atoms with Crippen molar-refractivity contribution in [2.75, 3.05) is 27.7 Å². The van der Waals surface area contributed by atoms with Crippen molar-refractivity contribution >= 4 is 17.5 Å². The van der Waals surface area contributed by atoms with Gasteiger partial charge in [-0.2, -0.15) is 0 Å². The van der Waals surface area contributed by atoms with Crippen molar-refractivity contribution in [3.8, 4) is 11.5 Å². The van der Waals surface area contributed by atoms with Crippen LogP contribution in [0.4, 0.5) is 0 Å². The summed E-state index contributed by atoms with van der Waals surface area (Å²) in [5.74, 6) is 1.17. The van der Waals surface area contributed by atoms with Gasteiger partial charge in [0, 0.05) is 17.1 Å². The molecule has 0 saturated carbocycles. The van der Waals surface area contributed by atoms with Crippen molar-refractivity contribution in [2.45, 2.75) is 19.1 Å². The van der Waals surface area contributed by atoms with E-state index < -0.39 is 6.10 Å². The van der Waals surface area contributed by atoms with Crippen LogP contribution in [0.5, 0.6) is 11.5 Å². The molecule has 0 aliphatic heterocycles. The van der Waals surface area contributed by atoms with Crippen molar-refractivity contribution in [3.63, 3.8) is 0 Å². The lowest BCUT2D eigenvalue weighted by Gasteiger charge is -2.27. The fourth-order valence-corrected chi connectivity index (χ4v) is 2.83. The standard InChI is InChI=1S/C20H25ClN2O3/c1-14(26-16-9-7-8-15(21)12-16)20(24)22-13-18(23(2)3)17-10-5-6-11-19(17)25-4/h5-12,14,18H,13H2,1-4H3,(H,22,24). The molecule has 140 valence electrons.